The molecule has 0 radical (unpaired) electrons. The standard InChI is InChI=1S/C7H13NO4/c8-3(6-7(10)12-6)1-5-4(9)2-11-5/h3-7,9-10H,1-2,8H2. The van der Waals surface area contributed by atoms with Gasteiger partial charge in [0.1, 0.15) is 12.2 Å². The van der Waals surface area contributed by atoms with Crippen LogP contribution < -0.4 is 5.73 Å². The quantitative estimate of drug-likeness (QED) is 0.439. The molecule has 0 aromatic rings. The molecule has 12 heavy (non-hydrogen) atoms. The van der Waals surface area contributed by atoms with Crippen molar-refractivity contribution in [1.29, 1.82) is 0 Å². The summed E-state index contributed by atoms with van der Waals surface area (Å²) in [6.07, 6.45) is -0.995. The minimum atomic E-state index is -0.711. The molecule has 0 saturated carbocycles. The molecule has 0 bridgehead atoms. The summed E-state index contributed by atoms with van der Waals surface area (Å²) < 4.78 is 9.84. The Bertz CT molecular complexity index is 177. The Morgan fingerprint density at radius 1 is 1.50 bits per heavy atom. The van der Waals surface area contributed by atoms with Crippen molar-refractivity contribution in [2.45, 2.75) is 37.1 Å². The van der Waals surface area contributed by atoms with E-state index in [1.807, 2.05) is 0 Å². The fraction of sp³-hybridized carbons (Fsp3) is 1.00. The van der Waals surface area contributed by atoms with Gasteiger partial charge in [0, 0.05) is 6.04 Å². The van der Waals surface area contributed by atoms with Crippen molar-refractivity contribution in [3.63, 3.8) is 0 Å². The van der Waals surface area contributed by atoms with Gasteiger partial charge in [-0.25, -0.2) is 0 Å². The molecule has 2 aliphatic rings. The molecule has 70 valence electrons. The molecule has 2 rings (SSSR count). The maximum absolute atomic E-state index is 9.14. The second kappa shape index (κ2) is 2.93. The first kappa shape index (κ1) is 8.40. The van der Waals surface area contributed by atoms with Crippen molar-refractivity contribution in [2.75, 3.05) is 6.61 Å². The van der Waals surface area contributed by atoms with E-state index in [9.17, 15) is 0 Å². The topological polar surface area (TPSA) is 88.2 Å². The summed E-state index contributed by atoms with van der Waals surface area (Å²) >= 11 is 0. The smallest absolute Gasteiger partial charge is 0.183 e. The average molecular weight is 175 g/mol. The van der Waals surface area contributed by atoms with E-state index in [0.717, 1.165) is 0 Å². The third kappa shape index (κ3) is 1.46. The maximum Gasteiger partial charge on any atom is 0.183 e. The molecule has 5 heteroatoms. The van der Waals surface area contributed by atoms with Crippen LogP contribution in [-0.4, -0.2) is 47.5 Å². The maximum atomic E-state index is 9.14. The van der Waals surface area contributed by atoms with Crippen LogP contribution in [0.4, 0.5) is 0 Å². The second-order valence-electron chi connectivity index (χ2n) is 3.33. The van der Waals surface area contributed by atoms with Gasteiger partial charge in [-0.05, 0) is 6.42 Å². The minimum absolute atomic E-state index is 0.170. The molecule has 4 N–H and O–H groups in total. The predicted molar refractivity (Wildman–Crippen MR) is 39.2 cm³/mol. The highest BCUT2D eigenvalue weighted by molar-refractivity contribution is 4.91. The molecule has 2 heterocycles. The molecule has 2 aliphatic heterocycles. The van der Waals surface area contributed by atoms with Crippen molar-refractivity contribution >= 4 is 0 Å². The van der Waals surface area contributed by atoms with E-state index in [0.29, 0.717) is 13.0 Å². The zero-order valence-electron chi connectivity index (χ0n) is 6.59. The van der Waals surface area contributed by atoms with Crippen LogP contribution in [0, 0.1) is 0 Å². The van der Waals surface area contributed by atoms with E-state index in [1.165, 1.54) is 0 Å². The Kier molecular flexibility index (Phi) is 2.05. The van der Waals surface area contributed by atoms with Gasteiger partial charge in [0.05, 0.1) is 12.7 Å². The van der Waals surface area contributed by atoms with Gasteiger partial charge < -0.3 is 25.4 Å². The van der Waals surface area contributed by atoms with E-state index in [-0.39, 0.29) is 18.2 Å². The van der Waals surface area contributed by atoms with Gasteiger partial charge in [0.25, 0.3) is 0 Å². The Hall–Kier alpha value is -0.200. The van der Waals surface area contributed by atoms with Gasteiger partial charge in [-0.3, -0.25) is 0 Å². The number of rotatable bonds is 3. The van der Waals surface area contributed by atoms with Crippen molar-refractivity contribution < 1.29 is 19.7 Å². The molecule has 2 fully saturated rings. The average Bonchev–Trinajstić information content (AvgIpc) is 2.75. The van der Waals surface area contributed by atoms with Crippen molar-refractivity contribution in [3.05, 3.63) is 0 Å². The van der Waals surface area contributed by atoms with Crippen molar-refractivity contribution in [3.8, 4) is 0 Å². The highest BCUT2D eigenvalue weighted by atomic mass is 16.7. The van der Waals surface area contributed by atoms with Crippen LogP contribution in [-0.2, 0) is 9.47 Å². The number of hydrogen-bond acceptors (Lipinski definition) is 5. The number of hydrogen-bond donors (Lipinski definition) is 3. The third-order valence-electron chi connectivity index (χ3n) is 2.34. The van der Waals surface area contributed by atoms with Crippen LogP contribution in [0.2, 0.25) is 0 Å². The molecule has 5 atom stereocenters. The lowest BCUT2D eigenvalue weighted by atomic mass is 10.00. The van der Waals surface area contributed by atoms with Crippen LogP contribution in [0.3, 0.4) is 0 Å². The highest BCUT2D eigenvalue weighted by Gasteiger charge is 2.44. The zero-order valence-corrected chi connectivity index (χ0v) is 6.59. The number of nitrogens with two attached hydrogens (primary N) is 1. The summed E-state index contributed by atoms with van der Waals surface area (Å²) in [4.78, 5) is 0. The van der Waals surface area contributed by atoms with E-state index < -0.39 is 12.4 Å². The lowest BCUT2D eigenvalue weighted by molar-refractivity contribution is -0.166. The summed E-state index contributed by atoms with van der Waals surface area (Å²) in [6, 6.07) is -0.236. The van der Waals surface area contributed by atoms with Gasteiger partial charge in [-0.15, -0.1) is 0 Å². The molecule has 2 saturated heterocycles. The number of aliphatic hydroxyl groups excluding tert-OH is 2. The largest absolute Gasteiger partial charge is 0.388 e. The summed E-state index contributed by atoms with van der Waals surface area (Å²) in [5.41, 5.74) is 5.67. The zero-order chi connectivity index (χ0) is 8.72. The number of epoxide rings is 1. The highest BCUT2D eigenvalue weighted by Crippen LogP contribution is 2.26. The van der Waals surface area contributed by atoms with Crippen molar-refractivity contribution in [1.82, 2.24) is 0 Å². The van der Waals surface area contributed by atoms with E-state index in [1.54, 1.807) is 0 Å². The SMILES string of the molecule is NC(CC1OCC1O)C1OC1O. The van der Waals surface area contributed by atoms with E-state index in [2.05, 4.69) is 0 Å². The van der Waals surface area contributed by atoms with Crippen LogP contribution in [0.15, 0.2) is 0 Å². The Morgan fingerprint density at radius 2 is 2.17 bits per heavy atom. The van der Waals surface area contributed by atoms with Crippen LogP contribution in [0.1, 0.15) is 6.42 Å². The molecule has 0 aliphatic carbocycles. The lowest BCUT2D eigenvalue weighted by Gasteiger charge is -2.34. The van der Waals surface area contributed by atoms with Gasteiger partial charge in [0.2, 0.25) is 0 Å². The molecule has 5 nitrogen and oxygen atoms in total. The summed E-state index contributed by atoms with van der Waals surface area (Å²) in [7, 11) is 0. The Morgan fingerprint density at radius 3 is 2.50 bits per heavy atom. The molecule has 0 amide bonds. The molecule has 0 aromatic carbocycles. The number of ether oxygens (including phenoxy) is 2. The Balaban J connectivity index is 1.72. The first-order valence-electron chi connectivity index (χ1n) is 4.07. The van der Waals surface area contributed by atoms with Crippen molar-refractivity contribution in [2.24, 2.45) is 5.73 Å². The molecular formula is C7H13NO4. The summed E-state index contributed by atoms with van der Waals surface area (Å²) in [5, 5.41) is 18.0. The van der Waals surface area contributed by atoms with E-state index >= 15 is 0 Å². The number of aliphatic hydroxyl groups is 2. The summed E-state index contributed by atoms with van der Waals surface area (Å²) in [5.74, 6) is 0. The van der Waals surface area contributed by atoms with Crippen LogP contribution >= 0.6 is 0 Å². The Labute approximate surface area is 70.1 Å². The monoisotopic (exact) mass is 175 g/mol. The first-order chi connectivity index (χ1) is 5.68. The molecule has 0 aromatic heterocycles. The second-order valence-corrected chi connectivity index (χ2v) is 3.33. The minimum Gasteiger partial charge on any atom is -0.388 e. The normalized spacial score (nSPS) is 48.2. The first-order valence-corrected chi connectivity index (χ1v) is 4.07. The van der Waals surface area contributed by atoms with Gasteiger partial charge in [-0.1, -0.05) is 0 Å². The van der Waals surface area contributed by atoms with Gasteiger partial charge in [0.15, 0.2) is 6.29 Å². The van der Waals surface area contributed by atoms with Crippen LogP contribution in [0.5, 0.6) is 0 Å². The fourth-order valence-electron chi connectivity index (χ4n) is 1.37. The lowest BCUT2D eigenvalue weighted by Crippen LogP contribution is -2.48. The van der Waals surface area contributed by atoms with Crippen LogP contribution in [0.25, 0.3) is 0 Å². The molecule has 0 spiro atoms. The predicted octanol–water partition coefficient (Wildman–Crippen LogP) is -1.82. The molecular weight excluding hydrogens is 162 g/mol. The molecule has 5 unspecified atom stereocenters. The fourth-order valence-corrected chi connectivity index (χ4v) is 1.37. The van der Waals surface area contributed by atoms with Gasteiger partial charge in [-0.2, -0.15) is 0 Å². The summed E-state index contributed by atoms with van der Waals surface area (Å²) in [6.45, 7) is 0.394. The van der Waals surface area contributed by atoms with E-state index in [4.69, 9.17) is 25.4 Å². The third-order valence-corrected chi connectivity index (χ3v) is 2.34. The van der Waals surface area contributed by atoms with Gasteiger partial charge >= 0.3 is 0 Å².